The van der Waals surface area contributed by atoms with Crippen LogP contribution in [0.15, 0.2) is 42.5 Å². The van der Waals surface area contributed by atoms with Gasteiger partial charge in [-0.1, -0.05) is 36.6 Å². The molecule has 2 aromatic carbocycles. The molecule has 0 unspecified atom stereocenters. The highest BCUT2D eigenvalue weighted by Crippen LogP contribution is 2.42. The fraction of sp³-hybridized carbons (Fsp3) is 0.409. The van der Waals surface area contributed by atoms with E-state index in [1.807, 2.05) is 29.2 Å². The van der Waals surface area contributed by atoms with Gasteiger partial charge in [0, 0.05) is 23.8 Å². The lowest BCUT2D eigenvalue weighted by molar-refractivity contribution is -0.121. The van der Waals surface area contributed by atoms with Crippen molar-refractivity contribution in [2.45, 2.75) is 31.1 Å². The van der Waals surface area contributed by atoms with Gasteiger partial charge in [-0.3, -0.25) is 4.79 Å². The van der Waals surface area contributed by atoms with E-state index in [0.29, 0.717) is 42.7 Å². The Bertz CT molecular complexity index is 861. The Kier molecular flexibility index (Phi) is 5.56. The van der Waals surface area contributed by atoms with Gasteiger partial charge in [0.1, 0.15) is 5.82 Å². The highest BCUT2D eigenvalue weighted by molar-refractivity contribution is 6.30. The molecule has 2 aromatic rings. The number of carbonyl (C=O) groups excluding carboxylic acids is 1. The summed E-state index contributed by atoms with van der Waals surface area (Å²) >= 11 is 6.17. The van der Waals surface area contributed by atoms with E-state index in [2.05, 4.69) is 5.32 Å². The highest BCUT2D eigenvalue weighted by atomic mass is 35.5. The summed E-state index contributed by atoms with van der Waals surface area (Å²) in [5.41, 5.74) is 1.35. The lowest BCUT2D eigenvalue weighted by Crippen LogP contribution is -2.38. The van der Waals surface area contributed by atoms with Crippen molar-refractivity contribution in [2.24, 2.45) is 0 Å². The average molecular weight is 403 g/mol. The van der Waals surface area contributed by atoms with Crippen molar-refractivity contribution in [3.63, 3.8) is 0 Å². The largest absolute Gasteiger partial charge is 0.378 e. The second-order valence-electron chi connectivity index (χ2n) is 7.52. The fourth-order valence-corrected chi connectivity index (χ4v) is 4.50. The van der Waals surface area contributed by atoms with Crippen LogP contribution in [0.3, 0.4) is 0 Å². The minimum atomic E-state index is -0.607. The van der Waals surface area contributed by atoms with Crippen LogP contribution in [0, 0.1) is 5.82 Å². The van der Waals surface area contributed by atoms with Gasteiger partial charge in [0.25, 0.3) is 0 Å². The maximum atomic E-state index is 14.7. The van der Waals surface area contributed by atoms with E-state index in [-0.39, 0.29) is 11.7 Å². The van der Waals surface area contributed by atoms with Crippen molar-refractivity contribution in [1.29, 1.82) is 0 Å². The quantitative estimate of drug-likeness (QED) is 0.801. The molecular formula is C22H24ClFN2O2. The zero-order valence-electron chi connectivity index (χ0n) is 15.7. The monoisotopic (exact) mass is 402 g/mol. The molecular weight excluding hydrogens is 379 g/mol. The van der Waals surface area contributed by atoms with Crippen LogP contribution >= 0.6 is 11.6 Å². The number of hydrogen-bond donors (Lipinski definition) is 1. The van der Waals surface area contributed by atoms with Crippen LogP contribution in [0.4, 0.5) is 15.8 Å². The van der Waals surface area contributed by atoms with Gasteiger partial charge in [0.15, 0.2) is 0 Å². The summed E-state index contributed by atoms with van der Waals surface area (Å²) < 4.78 is 20.0. The van der Waals surface area contributed by atoms with Crippen LogP contribution < -0.4 is 10.2 Å². The summed E-state index contributed by atoms with van der Waals surface area (Å²) in [4.78, 5) is 15.2. The molecule has 6 heteroatoms. The maximum Gasteiger partial charge on any atom is 0.235 e. The van der Waals surface area contributed by atoms with E-state index in [0.717, 1.165) is 31.2 Å². The first-order valence-electron chi connectivity index (χ1n) is 9.78. The first-order valence-corrected chi connectivity index (χ1v) is 10.2. The predicted octanol–water partition coefficient (Wildman–Crippen LogP) is 4.77. The molecule has 148 valence electrons. The van der Waals surface area contributed by atoms with E-state index >= 15 is 0 Å². The van der Waals surface area contributed by atoms with Crippen LogP contribution in [0.1, 0.15) is 31.2 Å². The molecule has 0 spiro atoms. The Labute approximate surface area is 169 Å². The van der Waals surface area contributed by atoms with E-state index in [1.165, 1.54) is 6.07 Å². The fourth-order valence-electron chi connectivity index (χ4n) is 4.31. The Hall–Kier alpha value is -2.11. The number of ether oxygens (including phenoxy) is 1. The first kappa shape index (κ1) is 19.2. The van der Waals surface area contributed by atoms with Gasteiger partial charge >= 0.3 is 0 Å². The van der Waals surface area contributed by atoms with E-state index in [1.54, 1.807) is 12.1 Å². The normalized spacial score (nSPS) is 18.9. The molecule has 1 saturated heterocycles. The van der Waals surface area contributed by atoms with Crippen molar-refractivity contribution in [2.75, 3.05) is 36.5 Å². The molecule has 0 bridgehead atoms. The molecule has 28 heavy (non-hydrogen) atoms. The van der Waals surface area contributed by atoms with Crippen molar-refractivity contribution in [3.8, 4) is 0 Å². The van der Waals surface area contributed by atoms with Gasteiger partial charge in [-0.2, -0.15) is 0 Å². The molecule has 2 aliphatic rings. The summed E-state index contributed by atoms with van der Waals surface area (Å²) in [7, 11) is 0. The number of morpholine rings is 1. The third-order valence-corrected chi connectivity index (χ3v) is 6.06. The molecule has 0 radical (unpaired) electrons. The van der Waals surface area contributed by atoms with Crippen LogP contribution in [0.2, 0.25) is 5.02 Å². The lowest BCUT2D eigenvalue weighted by atomic mass is 9.78. The molecule has 4 rings (SSSR count). The van der Waals surface area contributed by atoms with E-state index in [4.69, 9.17) is 16.3 Å². The standard InChI is InChI=1S/C22H24ClFN2O2/c23-17-5-3-4-16(14-17)22(8-1-2-9-22)21(27)25-18-6-7-20(19(24)15-18)26-10-12-28-13-11-26/h3-7,14-15H,1-2,8-13H2,(H,25,27). The molecule has 1 saturated carbocycles. The molecule has 1 aliphatic heterocycles. The molecule has 0 aromatic heterocycles. The van der Waals surface area contributed by atoms with Crippen LogP contribution in [0.5, 0.6) is 0 Å². The molecule has 1 heterocycles. The Morgan fingerprint density at radius 3 is 2.54 bits per heavy atom. The Morgan fingerprint density at radius 1 is 1.11 bits per heavy atom. The number of benzene rings is 2. The molecule has 1 amide bonds. The number of anilines is 2. The van der Waals surface area contributed by atoms with Gasteiger partial charge < -0.3 is 15.0 Å². The maximum absolute atomic E-state index is 14.7. The molecule has 4 nitrogen and oxygen atoms in total. The summed E-state index contributed by atoms with van der Waals surface area (Å²) in [5, 5.41) is 3.57. The summed E-state index contributed by atoms with van der Waals surface area (Å²) in [6.07, 6.45) is 3.52. The first-order chi connectivity index (χ1) is 13.6. The van der Waals surface area contributed by atoms with E-state index < -0.39 is 5.41 Å². The minimum absolute atomic E-state index is 0.0919. The van der Waals surface area contributed by atoms with E-state index in [9.17, 15) is 9.18 Å². The summed E-state index contributed by atoms with van der Waals surface area (Å²) in [6.45, 7) is 2.53. The Morgan fingerprint density at radius 2 is 1.86 bits per heavy atom. The van der Waals surface area contributed by atoms with Gasteiger partial charge in [0.2, 0.25) is 5.91 Å². The lowest BCUT2D eigenvalue weighted by Gasteiger charge is -2.30. The number of carbonyl (C=O) groups is 1. The highest BCUT2D eigenvalue weighted by Gasteiger charge is 2.42. The Balaban J connectivity index is 1.55. The van der Waals surface area contributed by atoms with Crippen molar-refractivity contribution in [1.82, 2.24) is 0 Å². The summed E-state index contributed by atoms with van der Waals surface area (Å²) in [6, 6.07) is 12.4. The second kappa shape index (κ2) is 8.10. The van der Waals surface area contributed by atoms with Crippen molar-refractivity contribution >= 4 is 28.9 Å². The number of halogens is 2. The number of amides is 1. The number of rotatable bonds is 4. The molecule has 2 fully saturated rings. The minimum Gasteiger partial charge on any atom is -0.378 e. The third kappa shape index (κ3) is 3.74. The second-order valence-corrected chi connectivity index (χ2v) is 7.96. The number of nitrogens with zero attached hydrogens (tertiary/aromatic N) is 1. The number of nitrogens with one attached hydrogen (secondary N) is 1. The van der Waals surface area contributed by atoms with Gasteiger partial charge in [-0.25, -0.2) is 4.39 Å². The number of hydrogen-bond acceptors (Lipinski definition) is 3. The smallest absolute Gasteiger partial charge is 0.235 e. The molecule has 1 N–H and O–H groups in total. The van der Waals surface area contributed by atoms with Gasteiger partial charge in [-0.05, 0) is 48.7 Å². The van der Waals surface area contributed by atoms with Crippen LogP contribution in [-0.2, 0) is 14.9 Å². The van der Waals surface area contributed by atoms with Crippen LogP contribution in [-0.4, -0.2) is 32.2 Å². The third-order valence-electron chi connectivity index (χ3n) is 5.83. The van der Waals surface area contributed by atoms with Gasteiger partial charge in [0.05, 0.1) is 24.3 Å². The van der Waals surface area contributed by atoms with Gasteiger partial charge in [-0.15, -0.1) is 0 Å². The molecule has 1 aliphatic carbocycles. The predicted molar refractivity (Wildman–Crippen MR) is 110 cm³/mol. The molecule has 0 atom stereocenters. The topological polar surface area (TPSA) is 41.6 Å². The zero-order chi connectivity index (χ0) is 19.6. The van der Waals surface area contributed by atoms with Crippen molar-refractivity contribution in [3.05, 3.63) is 58.9 Å². The summed E-state index contributed by atoms with van der Waals surface area (Å²) in [5.74, 6) is -0.422. The van der Waals surface area contributed by atoms with Crippen molar-refractivity contribution < 1.29 is 13.9 Å². The average Bonchev–Trinajstić information content (AvgIpc) is 3.20. The zero-order valence-corrected chi connectivity index (χ0v) is 16.5. The SMILES string of the molecule is O=C(Nc1ccc(N2CCOCC2)c(F)c1)C1(c2cccc(Cl)c2)CCCC1. The van der Waals surface area contributed by atoms with Crippen LogP contribution in [0.25, 0.3) is 0 Å².